The van der Waals surface area contributed by atoms with Gasteiger partial charge in [0.2, 0.25) is 0 Å². The van der Waals surface area contributed by atoms with Crippen LogP contribution in [-0.4, -0.2) is 6.21 Å². The van der Waals surface area contributed by atoms with Gasteiger partial charge in [0.05, 0.1) is 0 Å². The fraction of sp³-hybridized carbons (Fsp3) is 0.625. The summed E-state index contributed by atoms with van der Waals surface area (Å²) in [6, 6.07) is 0. The van der Waals surface area contributed by atoms with Crippen LogP contribution in [0.5, 0.6) is 0 Å². The Morgan fingerprint density at radius 2 is 2.56 bits per heavy atom. The van der Waals surface area contributed by atoms with Crippen LogP contribution >= 0.6 is 0 Å². The highest BCUT2D eigenvalue weighted by Gasteiger charge is 2.02. The van der Waals surface area contributed by atoms with E-state index in [4.69, 9.17) is 0 Å². The second-order valence-electron chi connectivity index (χ2n) is 2.46. The maximum atomic E-state index is 4.00. The van der Waals surface area contributed by atoms with Crippen LogP contribution in [0.25, 0.3) is 0 Å². The molecule has 0 saturated heterocycles. The summed E-state index contributed by atoms with van der Waals surface area (Å²) < 4.78 is 0. The second-order valence-corrected chi connectivity index (χ2v) is 2.46. The fourth-order valence-electron chi connectivity index (χ4n) is 1.09. The van der Waals surface area contributed by atoms with Crippen LogP contribution in [0.2, 0.25) is 0 Å². The van der Waals surface area contributed by atoms with E-state index in [0.717, 1.165) is 12.3 Å². The largest absolute Gasteiger partial charge is 0.269 e. The van der Waals surface area contributed by atoms with Crippen molar-refractivity contribution in [3.63, 3.8) is 0 Å². The Balaban J connectivity index is 2.28. The summed E-state index contributed by atoms with van der Waals surface area (Å²) in [6.45, 7) is 2.22. The average molecular weight is 123 g/mol. The number of allylic oxidation sites excluding steroid dienone is 1. The summed E-state index contributed by atoms with van der Waals surface area (Å²) in [5, 5.41) is 0. The summed E-state index contributed by atoms with van der Waals surface area (Å²) in [6.07, 6.45) is 9.84. The molecule has 0 bridgehead atoms. The number of hydrogen-bond donors (Lipinski definition) is 0. The van der Waals surface area contributed by atoms with Crippen molar-refractivity contribution in [2.45, 2.75) is 26.2 Å². The minimum atomic E-state index is 0.771. The predicted octanol–water partition coefficient (Wildman–Crippen LogP) is 2.39. The van der Waals surface area contributed by atoms with Crippen LogP contribution in [0, 0.1) is 5.92 Å². The van der Waals surface area contributed by atoms with Gasteiger partial charge in [-0.2, -0.15) is 0 Å². The lowest BCUT2D eigenvalue weighted by molar-refractivity contribution is 0.600. The van der Waals surface area contributed by atoms with Crippen LogP contribution in [0.3, 0.4) is 0 Å². The van der Waals surface area contributed by atoms with Crippen LogP contribution in [0.1, 0.15) is 26.2 Å². The van der Waals surface area contributed by atoms with Crippen molar-refractivity contribution in [1.29, 1.82) is 0 Å². The van der Waals surface area contributed by atoms with E-state index < -0.39 is 0 Å². The van der Waals surface area contributed by atoms with E-state index in [1.807, 2.05) is 12.4 Å². The van der Waals surface area contributed by atoms with E-state index >= 15 is 0 Å². The standard InChI is InChI=1S/C8H13N/c1-2-3-8-4-6-9-7-5-8/h4,6-8H,2-3,5H2,1H3. The molecule has 0 aliphatic carbocycles. The molecule has 0 aromatic carbocycles. The molecule has 0 N–H and O–H groups in total. The minimum Gasteiger partial charge on any atom is -0.269 e. The van der Waals surface area contributed by atoms with E-state index in [0.29, 0.717) is 0 Å². The molecule has 1 unspecified atom stereocenters. The number of hydrogen-bond acceptors (Lipinski definition) is 1. The van der Waals surface area contributed by atoms with Crippen molar-refractivity contribution in [2.24, 2.45) is 10.9 Å². The lowest BCUT2D eigenvalue weighted by Gasteiger charge is -2.09. The minimum absolute atomic E-state index is 0.771. The molecule has 1 rings (SSSR count). The Labute approximate surface area is 56.5 Å². The zero-order valence-electron chi connectivity index (χ0n) is 5.88. The van der Waals surface area contributed by atoms with Gasteiger partial charge >= 0.3 is 0 Å². The topological polar surface area (TPSA) is 12.4 Å². The summed E-state index contributed by atoms with van der Waals surface area (Å²) in [7, 11) is 0. The Bertz CT molecular complexity index is 125. The first-order valence-electron chi connectivity index (χ1n) is 3.61. The molecule has 1 heterocycles. The second kappa shape index (κ2) is 3.44. The first-order valence-corrected chi connectivity index (χ1v) is 3.61. The fourth-order valence-corrected chi connectivity index (χ4v) is 1.09. The molecule has 0 aromatic rings. The first-order chi connectivity index (χ1) is 4.43. The number of aliphatic imine (C=N–C) groups is 1. The molecule has 1 heteroatoms. The van der Waals surface area contributed by atoms with Crippen molar-refractivity contribution in [3.8, 4) is 0 Å². The van der Waals surface area contributed by atoms with Crippen molar-refractivity contribution in [2.75, 3.05) is 0 Å². The molecule has 1 aliphatic heterocycles. The van der Waals surface area contributed by atoms with Gasteiger partial charge in [-0.1, -0.05) is 19.4 Å². The molecular weight excluding hydrogens is 110 g/mol. The van der Waals surface area contributed by atoms with E-state index in [-0.39, 0.29) is 0 Å². The molecule has 1 atom stereocenters. The SMILES string of the molecule is CCCC1C=CN=CC1. The maximum absolute atomic E-state index is 4.00. The molecule has 0 amide bonds. The highest BCUT2D eigenvalue weighted by Crippen LogP contribution is 2.13. The Hall–Kier alpha value is -0.590. The Morgan fingerprint density at radius 1 is 1.67 bits per heavy atom. The van der Waals surface area contributed by atoms with Gasteiger partial charge in [-0.15, -0.1) is 0 Å². The van der Waals surface area contributed by atoms with Gasteiger partial charge in [0, 0.05) is 12.4 Å². The van der Waals surface area contributed by atoms with Crippen LogP contribution < -0.4 is 0 Å². The number of nitrogens with zero attached hydrogens (tertiary/aromatic N) is 1. The number of rotatable bonds is 2. The molecule has 1 aliphatic rings. The van der Waals surface area contributed by atoms with Gasteiger partial charge in [0.1, 0.15) is 0 Å². The lowest BCUT2D eigenvalue weighted by Crippen LogP contribution is -1.98. The first kappa shape index (κ1) is 6.53. The summed E-state index contributed by atoms with van der Waals surface area (Å²) in [5.41, 5.74) is 0. The Morgan fingerprint density at radius 3 is 3.11 bits per heavy atom. The van der Waals surface area contributed by atoms with Crippen molar-refractivity contribution < 1.29 is 0 Å². The highest BCUT2D eigenvalue weighted by molar-refractivity contribution is 5.60. The summed E-state index contributed by atoms with van der Waals surface area (Å²) in [4.78, 5) is 4.00. The van der Waals surface area contributed by atoms with E-state index in [9.17, 15) is 0 Å². The molecule has 50 valence electrons. The van der Waals surface area contributed by atoms with Gasteiger partial charge in [-0.05, 0) is 18.8 Å². The van der Waals surface area contributed by atoms with E-state index in [2.05, 4.69) is 18.0 Å². The molecule has 9 heavy (non-hydrogen) atoms. The summed E-state index contributed by atoms with van der Waals surface area (Å²) >= 11 is 0. The monoisotopic (exact) mass is 123 g/mol. The van der Waals surface area contributed by atoms with Crippen molar-refractivity contribution in [1.82, 2.24) is 0 Å². The smallest absolute Gasteiger partial charge is 0.0226 e. The summed E-state index contributed by atoms with van der Waals surface area (Å²) in [5.74, 6) is 0.771. The third kappa shape index (κ3) is 2.00. The molecular formula is C8H13N. The maximum Gasteiger partial charge on any atom is 0.0226 e. The zero-order valence-corrected chi connectivity index (χ0v) is 5.88. The van der Waals surface area contributed by atoms with Gasteiger partial charge in [-0.3, -0.25) is 4.99 Å². The quantitative estimate of drug-likeness (QED) is 0.534. The molecule has 1 nitrogen and oxygen atoms in total. The lowest BCUT2D eigenvalue weighted by atomic mass is 10.00. The van der Waals surface area contributed by atoms with Gasteiger partial charge in [-0.25, -0.2) is 0 Å². The van der Waals surface area contributed by atoms with Crippen LogP contribution in [-0.2, 0) is 0 Å². The third-order valence-corrected chi connectivity index (χ3v) is 1.62. The molecule has 0 fully saturated rings. The Kier molecular flexibility index (Phi) is 2.49. The molecule has 0 aromatic heterocycles. The van der Waals surface area contributed by atoms with Crippen LogP contribution in [0.4, 0.5) is 0 Å². The predicted molar refractivity (Wildman–Crippen MR) is 40.6 cm³/mol. The highest BCUT2D eigenvalue weighted by atomic mass is 14.7. The van der Waals surface area contributed by atoms with E-state index in [1.54, 1.807) is 0 Å². The third-order valence-electron chi connectivity index (χ3n) is 1.62. The van der Waals surface area contributed by atoms with Gasteiger partial charge < -0.3 is 0 Å². The normalized spacial score (nSPS) is 24.8. The molecule has 0 saturated carbocycles. The van der Waals surface area contributed by atoms with Gasteiger partial charge in [0.15, 0.2) is 0 Å². The van der Waals surface area contributed by atoms with Gasteiger partial charge in [0.25, 0.3) is 0 Å². The van der Waals surface area contributed by atoms with Crippen molar-refractivity contribution in [3.05, 3.63) is 12.3 Å². The molecule has 0 radical (unpaired) electrons. The van der Waals surface area contributed by atoms with Crippen molar-refractivity contribution >= 4 is 6.21 Å². The molecule has 0 spiro atoms. The van der Waals surface area contributed by atoms with E-state index in [1.165, 1.54) is 12.8 Å². The average Bonchev–Trinajstić information content (AvgIpc) is 1.91. The van der Waals surface area contributed by atoms with Crippen LogP contribution in [0.15, 0.2) is 17.3 Å². The zero-order chi connectivity index (χ0) is 6.53.